The Balaban J connectivity index is 1.94. The Bertz CT molecular complexity index is 683. The molecular formula is C14H18N4O4S2. The summed E-state index contributed by atoms with van der Waals surface area (Å²) in [5, 5.41) is 10.8. The second-order valence-corrected chi connectivity index (χ2v) is 6.74. The second-order valence-electron chi connectivity index (χ2n) is 4.51. The number of anilines is 1. The molecule has 0 saturated carbocycles. The molecular weight excluding hydrogens is 352 g/mol. The number of carbonyl (C=O) groups is 1. The van der Waals surface area contributed by atoms with E-state index in [0.29, 0.717) is 33.3 Å². The van der Waals surface area contributed by atoms with E-state index < -0.39 is 0 Å². The van der Waals surface area contributed by atoms with Crippen LogP contribution < -0.4 is 25.3 Å². The van der Waals surface area contributed by atoms with Crippen molar-refractivity contribution in [3.05, 3.63) is 17.7 Å². The quantitative estimate of drug-likeness (QED) is 0.674. The molecule has 2 rings (SSSR count). The highest BCUT2D eigenvalue weighted by molar-refractivity contribution is 8.01. The van der Waals surface area contributed by atoms with Gasteiger partial charge in [-0.3, -0.25) is 4.79 Å². The van der Waals surface area contributed by atoms with Gasteiger partial charge in [0, 0.05) is 6.54 Å². The van der Waals surface area contributed by atoms with Crippen molar-refractivity contribution in [3.8, 4) is 17.2 Å². The number of methoxy groups -OCH3 is 3. The molecule has 1 heterocycles. The minimum Gasteiger partial charge on any atom is -0.493 e. The van der Waals surface area contributed by atoms with Crippen LogP contribution in [0.3, 0.4) is 0 Å². The van der Waals surface area contributed by atoms with Crippen LogP contribution in [-0.4, -0.2) is 43.2 Å². The van der Waals surface area contributed by atoms with E-state index in [9.17, 15) is 4.79 Å². The van der Waals surface area contributed by atoms with Crippen molar-refractivity contribution in [3.63, 3.8) is 0 Å². The molecule has 1 amide bonds. The number of nitrogens with one attached hydrogen (secondary N) is 1. The summed E-state index contributed by atoms with van der Waals surface area (Å²) in [6, 6.07) is 3.58. The number of ether oxygens (including phenoxy) is 3. The molecule has 24 heavy (non-hydrogen) atoms. The van der Waals surface area contributed by atoms with Gasteiger partial charge < -0.3 is 25.3 Å². The van der Waals surface area contributed by atoms with Crippen molar-refractivity contribution in [1.82, 2.24) is 15.5 Å². The predicted molar refractivity (Wildman–Crippen MR) is 93.0 cm³/mol. The normalized spacial score (nSPS) is 10.3. The number of amides is 1. The van der Waals surface area contributed by atoms with Gasteiger partial charge in [-0.25, -0.2) is 0 Å². The largest absolute Gasteiger partial charge is 0.493 e. The van der Waals surface area contributed by atoms with E-state index >= 15 is 0 Å². The van der Waals surface area contributed by atoms with Crippen LogP contribution in [0.2, 0.25) is 0 Å². The first kappa shape index (κ1) is 18.1. The average molecular weight is 370 g/mol. The Hall–Kier alpha value is -2.20. The maximum atomic E-state index is 11.9. The molecule has 8 nitrogen and oxygen atoms in total. The van der Waals surface area contributed by atoms with Gasteiger partial charge in [-0.05, 0) is 17.7 Å². The van der Waals surface area contributed by atoms with Crippen LogP contribution in [0.1, 0.15) is 5.56 Å². The van der Waals surface area contributed by atoms with Gasteiger partial charge in [0.2, 0.25) is 16.8 Å². The molecule has 0 spiro atoms. The standard InChI is InChI=1S/C14H18N4O4S2/c1-20-9-4-8(5-10(21-2)12(9)22-3)6-16-11(19)7-23-14-18-17-13(15)24-14/h4-5H,6-7H2,1-3H3,(H2,15,17)(H,16,19). The van der Waals surface area contributed by atoms with Crippen molar-refractivity contribution in [1.29, 1.82) is 0 Å². The first-order valence-electron chi connectivity index (χ1n) is 6.84. The summed E-state index contributed by atoms with van der Waals surface area (Å²) < 4.78 is 16.5. The molecule has 0 atom stereocenters. The summed E-state index contributed by atoms with van der Waals surface area (Å²) in [6.07, 6.45) is 0. The molecule has 2 aromatic rings. The lowest BCUT2D eigenvalue weighted by Crippen LogP contribution is -2.24. The molecule has 130 valence electrons. The van der Waals surface area contributed by atoms with Gasteiger partial charge in [-0.2, -0.15) is 0 Å². The number of thioether (sulfide) groups is 1. The van der Waals surface area contributed by atoms with Crippen LogP contribution >= 0.6 is 23.1 Å². The number of hydrogen-bond donors (Lipinski definition) is 2. The molecule has 1 aromatic carbocycles. The smallest absolute Gasteiger partial charge is 0.230 e. The molecule has 0 bridgehead atoms. The summed E-state index contributed by atoms with van der Waals surface area (Å²) >= 11 is 2.54. The van der Waals surface area contributed by atoms with Gasteiger partial charge in [-0.15, -0.1) is 10.2 Å². The molecule has 0 aliphatic carbocycles. The molecule has 1 aromatic heterocycles. The number of nitrogens with zero attached hydrogens (tertiary/aromatic N) is 2. The van der Waals surface area contributed by atoms with Crippen LogP contribution in [-0.2, 0) is 11.3 Å². The van der Waals surface area contributed by atoms with Gasteiger partial charge >= 0.3 is 0 Å². The van der Waals surface area contributed by atoms with Crippen molar-refractivity contribution < 1.29 is 19.0 Å². The fraction of sp³-hybridized carbons (Fsp3) is 0.357. The van der Waals surface area contributed by atoms with E-state index in [1.165, 1.54) is 23.1 Å². The van der Waals surface area contributed by atoms with Crippen molar-refractivity contribution in [2.24, 2.45) is 0 Å². The lowest BCUT2D eigenvalue weighted by molar-refractivity contribution is -0.118. The first-order valence-corrected chi connectivity index (χ1v) is 8.65. The van der Waals surface area contributed by atoms with Crippen molar-refractivity contribution in [2.75, 3.05) is 32.8 Å². The zero-order valence-electron chi connectivity index (χ0n) is 13.5. The third kappa shape index (κ3) is 4.65. The van der Waals surface area contributed by atoms with Gasteiger partial charge in [0.15, 0.2) is 15.8 Å². The lowest BCUT2D eigenvalue weighted by atomic mass is 10.2. The van der Waals surface area contributed by atoms with Crippen molar-refractivity contribution in [2.45, 2.75) is 10.9 Å². The Labute approximate surface area is 147 Å². The number of carbonyl (C=O) groups excluding carboxylic acids is 1. The summed E-state index contributed by atoms with van der Waals surface area (Å²) in [5.41, 5.74) is 6.33. The van der Waals surface area contributed by atoms with E-state index in [-0.39, 0.29) is 11.7 Å². The Kier molecular flexibility index (Phi) is 6.50. The topological polar surface area (TPSA) is 109 Å². The molecule has 10 heteroatoms. The maximum Gasteiger partial charge on any atom is 0.230 e. The highest BCUT2D eigenvalue weighted by Gasteiger charge is 2.14. The van der Waals surface area contributed by atoms with Crippen LogP contribution in [0.25, 0.3) is 0 Å². The number of rotatable bonds is 8. The van der Waals surface area contributed by atoms with E-state index in [1.54, 1.807) is 33.5 Å². The molecule has 0 radical (unpaired) electrons. The zero-order chi connectivity index (χ0) is 17.5. The third-order valence-electron chi connectivity index (χ3n) is 2.96. The average Bonchev–Trinajstić information content (AvgIpc) is 3.02. The molecule has 0 aliphatic rings. The van der Waals surface area contributed by atoms with E-state index in [2.05, 4.69) is 15.5 Å². The number of nitrogens with two attached hydrogens (primary N) is 1. The molecule has 0 unspecified atom stereocenters. The predicted octanol–water partition coefficient (Wildman–Crippen LogP) is 1.55. The number of nitrogen functional groups attached to an aromatic ring is 1. The minimum atomic E-state index is -0.123. The maximum absolute atomic E-state index is 11.9. The lowest BCUT2D eigenvalue weighted by Gasteiger charge is -2.14. The van der Waals surface area contributed by atoms with Gasteiger partial charge in [-0.1, -0.05) is 23.1 Å². The van der Waals surface area contributed by atoms with Crippen LogP contribution in [0.15, 0.2) is 16.5 Å². The Morgan fingerprint density at radius 1 is 1.21 bits per heavy atom. The van der Waals surface area contributed by atoms with Gasteiger partial charge in [0.1, 0.15) is 0 Å². The van der Waals surface area contributed by atoms with E-state index in [0.717, 1.165) is 5.56 Å². The number of benzene rings is 1. The summed E-state index contributed by atoms with van der Waals surface area (Å²) in [5.74, 6) is 1.71. The van der Waals surface area contributed by atoms with Crippen molar-refractivity contribution >= 4 is 34.1 Å². The molecule has 0 aliphatic heterocycles. The van der Waals surface area contributed by atoms with Gasteiger partial charge in [0.05, 0.1) is 27.1 Å². The summed E-state index contributed by atoms with van der Waals surface area (Å²) in [7, 11) is 4.63. The Morgan fingerprint density at radius 2 is 1.88 bits per heavy atom. The van der Waals surface area contributed by atoms with Gasteiger partial charge in [0.25, 0.3) is 0 Å². The van der Waals surface area contributed by atoms with E-state index in [1.807, 2.05) is 0 Å². The van der Waals surface area contributed by atoms with E-state index in [4.69, 9.17) is 19.9 Å². The summed E-state index contributed by atoms with van der Waals surface area (Å²) in [6.45, 7) is 0.342. The van der Waals surface area contributed by atoms with Crippen LogP contribution in [0.5, 0.6) is 17.2 Å². The monoisotopic (exact) mass is 370 g/mol. The summed E-state index contributed by atoms with van der Waals surface area (Å²) in [4.78, 5) is 11.9. The fourth-order valence-corrected chi connectivity index (χ4v) is 3.36. The molecule has 3 N–H and O–H groups in total. The third-order valence-corrected chi connectivity index (χ3v) is 4.85. The fourth-order valence-electron chi connectivity index (χ4n) is 1.90. The second kappa shape index (κ2) is 8.60. The van der Waals surface area contributed by atoms with Crippen LogP contribution in [0.4, 0.5) is 5.13 Å². The minimum absolute atomic E-state index is 0.123. The highest BCUT2D eigenvalue weighted by Crippen LogP contribution is 2.38. The number of hydrogen-bond acceptors (Lipinski definition) is 9. The zero-order valence-corrected chi connectivity index (χ0v) is 15.1. The Morgan fingerprint density at radius 3 is 2.38 bits per heavy atom. The highest BCUT2D eigenvalue weighted by atomic mass is 32.2. The number of aromatic nitrogens is 2. The molecule has 0 fully saturated rings. The molecule has 0 saturated heterocycles. The van der Waals surface area contributed by atoms with Crippen LogP contribution in [0, 0.1) is 0 Å². The first-order chi connectivity index (χ1) is 11.6. The SMILES string of the molecule is COc1cc(CNC(=O)CSc2nnc(N)s2)cc(OC)c1OC.